The number of aromatic hydroxyl groups is 1. The topological polar surface area (TPSA) is 20.2 Å². The van der Waals surface area contributed by atoms with Gasteiger partial charge in [0.25, 0.3) is 0 Å². The largest absolute Gasteiger partial charge is 0.507 e. The zero-order valence-electron chi connectivity index (χ0n) is 18.8. The molecule has 5 atom stereocenters. The maximum atomic E-state index is 11.4. The smallest absolute Gasteiger partial charge is 0.123 e. The van der Waals surface area contributed by atoms with Gasteiger partial charge in [0.15, 0.2) is 0 Å². The molecule has 154 valence electrons. The Morgan fingerprint density at radius 3 is 2.18 bits per heavy atom. The summed E-state index contributed by atoms with van der Waals surface area (Å²) in [6.45, 7) is 16.7. The minimum Gasteiger partial charge on any atom is -0.507 e. The zero-order chi connectivity index (χ0) is 20.5. The second-order valence-corrected chi connectivity index (χ2v) is 12.7. The predicted molar refractivity (Wildman–Crippen MR) is 120 cm³/mol. The van der Waals surface area contributed by atoms with E-state index in [1.807, 2.05) is 0 Å². The number of benzene rings is 1. The van der Waals surface area contributed by atoms with E-state index in [1.54, 1.807) is 0 Å². The van der Waals surface area contributed by atoms with Gasteiger partial charge in [0.2, 0.25) is 0 Å². The van der Waals surface area contributed by atoms with Gasteiger partial charge in [-0.15, -0.1) is 0 Å². The average molecular weight is 399 g/mol. The summed E-state index contributed by atoms with van der Waals surface area (Å²) in [7, 11) is 0. The molecule has 4 fully saturated rings. The van der Waals surface area contributed by atoms with Crippen LogP contribution in [0.1, 0.15) is 90.8 Å². The van der Waals surface area contributed by atoms with Crippen LogP contribution in [0, 0.1) is 34.0 Å². The van der Waals surface area contributed by atoms with Crippen molar-refractivity contribution in [2.24, 2.45) is 34.0 Å². The molecule has 28 heavy (non-hydrogen) atoms. The number of phenolic OH excluding ortho intramolecular Hbond substituents is 1. The Morgan fingerprint density at radius 2 is 1.68 bits per heavy atom. The van der Waals surface area contributed by atoms with Gasteiger partial charge in [0.05, 0.1) is 0 Å². The fourth-order valence-corrected chi connectivity index (χ4v) is 9.63. The van der Waals surface area contributed by atoms with Crippen molar-refractivity contribution in [2.45, 2.75) is 90.7 Å². The van der Waals surface area contributed by atoms with E-state index in [4.69, 9.17) is 0 Å². The van der Waals surface area contributed by atoms with E-state index in [2.05, 4.69) is 73.2 Å². The quantitative estimate of drug-likeness (QED) is 0.531. The summed E-state index contributed by atoms with van der Waals surface area (Å²) < 4.78 is 0. The van der Waals surface area contributed by atoms with Crippen LogP contribution in [0.15, 0.2) is 12.1 Å². The third-order valence-electron chi connectivity index (χ3n) is 10.3. The molecule has 1 nitrogen and oxygen atoms in total. The van der Waals surface area contributed by atoms with Crippen molar-refractivity contribution in [1.82, 2.24) is 0 Å². The van der Waals surface area contributed by atoms with Crippen molar-refractivity contribution in [3.63, 3.8) is 0 Å². The number of hydrogen-bond donors (Lipinski definition) is 2. The van der Waals surface area contributed by atoms with Crippen LogP contribution in [0.2, 0.25) is 0 Å². The molecule has 2 heteroatoms. The van der Waals surface area contributed by atoms with Crippen molar-refractivity contribution < 1.29 is 5.11 Å². The first-order chi connectivity index (χ1) is 12.9. The van der Waals surface area contributed by atoms with Crippen molar-refractivity contribution >= 4 is 12.6 Å². The first-order valence-electron chi connectivity index (χ1n) is 11.4. The van der Waals surface area contributed by atoms with Gasteiger partial charge in [0.1, 0.15) is 5.75 Å². The van der Waals surface area contributed by atoms with Gasteiger partial charge in [-0.3, -0.25) is 0 Å². The number of thiol groups is 1. The number of hydrogen-bond acceptors (Lipinski definition) is 2. The van der Waals surface area contributed by atoms with Gasteiger partial charge in [0, 0.05) is 22.3 Å². The third kappa shape index (κ3) is 1.62. The molecule has 4 saturated carbocycles. The van der Waals surface area contributed by atoms with Gasteiger partial charge in [-0.1, -0.05) is 60.6 Å². The van der Waals surface area contributed by atoms with Crippen LogP contribution in [0.25, 0.3) is 0 Å². The lowest BCUT2D eigenvalue weighted by Crippen LogP contribution is -2.97. The first-order valence-corrected chi connectivity index (χ1v) is 12.0. The summed E-state index contributed by atoms with van der Waals surface area (Å²) in [5.41, 5.74) is 5.45. The molecule has 5 rings (SSSR count). The molecule has 0 saturated heterocycles. The summed E-state index contributed by atoms with van der Waals surface area (Å²) in [6, 6.07) is 4.58. The molecular formula is C26H38OS. The molecule has 1 aromatic rings. The maximum Gasteiger partial charge on any atom is 0.123 e. The van der Waals surface area contributed by atoms with Crippen LogP contribution in [0.3, 0.4) is 0 Å². The van der Waals surface area contributed by atoms with E-state index < -0.39 is 0 Å². The summed E-state index contributed by atoms with van der Waals surface area (Å²) >= 11 is 4.57. The summed E-state index contributed by atoms with van der Waals surface area (Å²) in [4.78, 5) is 0. The molecule has 1 spiro atoms. The molecule has 0 aliphatic heterocycles. The molecule has 5 unspecified atom stereocenters. The predicted octanol–water partition coefficient (Wildman–Crippen LogP) is 6.86. The molecule has 0 radical (unpaired) electrons. The van der Waals surface area contributed by atoms with E-state index in [0.29, 0.717) is 27.7 Å². The standard InChI is InChI=1S/C26H38OS/c1-15(2)23-10-19-11-24(14-25(13-23,16(3)4)26(19,23)24)20-9-18(22(5,6)7)8-17(12-28)21(20)27/h8-9,15-16,19,27-28H,10-14H2,1-7H3. The van der Waals surface area contributed by atoms with E-state index >= 15 is 0 Å². The molecule has 4 aliphatic rings. The van der Waals surface area contributed by atoms with Gasteiger partial charge in [-0.05, 0) is 70.7 Å². The lowest BCUT2D eigenvalue weighted by molar-refractivity contribution is -0.515. The van der Waals surface area contributed by atoms with Crippen LogP contribution in [0.5, 0.6) is 5.75 Å². The van der Waals surface area contributed by atoms with Crippen molar-refractivity contribution in [3.05, 3.63) is 28.8 Å². The van der Waals surface area contributed by atoms with Gasteiger partial charge in [-0.2, -0.15) is 12.6 Å². The normalized spacial score (nSPS) is 42.9. The average Bonchev–Trinajstić information content (AvgIpc) is 2.51. The van der Waals surface area contributed by atoms with E-state index in [1.165, 1.54) is 36.8 Å². The lowest BCUT2D eigenvalue weighted by atomic mass is 9.02. The second kappa shape index (κ2) is 5.16. The Balaban J connectivity index is 1.70. The highest BCUT2D eigenvalue weighted by atomic mass is 32.1. The van der Waals surface area contributed by atoms with Crippen LogP contribution in [-0.2, 0) is 16.6 Å². The SMILES string of the molecule is CC(C)C12CC3CC4(c5cc(C(C)(C)C)cc(CS)c5O)CC(C(C)C)(C1)C342. The van der Waals surface area contributed by atoms with Crippen LogP contribution in [-0.4, -0.2) is 5.11 Å². The highest BCUT2D eigenvalue weighted by Crippen LogP contribution is 3.03. The van der Waals surface area contributed by atoms with Gasteiger partial charge >= 0.3 is 0 Å². The Hall–Kier alpha value is -0.630. The molecule has 1 aromatic carbocycles. The number of phenols is 1. The second-order valence-electron chi connectivity index (χ2n) is 12.4. The van der Waals surface area contributed by atoms with Crippen molar-refractivity contribution in [2.75, 3.05) is 0 Å². The van der Waals surface area contributed by atoms with E-state index in [-0.39, 0.29) is 10.8 Å². The van der Waals surface area contributed by atoms with Crippen LogP contribution < -0.4 is 0 Å². The van der Waals surface area contributed by atoms with E-state index in [0.717, 1.165) is 23.3 Å². The highest BCUT2D eigenvalue weighted by molar-refractivity contribution is 7.79. The zero-order valence-corrected chi connectivity index (χ0v) is 19.7. The molecule has 4 aliphatic carbocycles. The van der Waals surface area contributed by atoms with Crippen molar-refractivity contribution in [1.29, 1.82) is 0 Å². The Morgan fingerprint density at radius 1 is 1.04 bits per heavy atom. The Kier molecular flexibility index (Phi) is 3.56. The van der Waals surface area contributed by atoms with Crippen molar-refractivity contribution in [3.8, 4) is 5.75 Å². The lowest BCUT2D eigenvalue weighted by Gasteiger charge is -3.02. The summed E-state index contributed by atoms with van der Waals surface area (Å²) in [6.07, 6.45) is 5.44. The fraction of sp³-hybridized carbons (Fsp3) is 0.769. The minimum atomic E-state index is 0.0881. The molecule has 0 bridgehead atoms. The summed E-state index contributed by atoms with van der Waals surface area (Å²) in [5.74, 6) is 3.54. The van der Waals surface area contributed by atoms with Crippen LogP contribution >= 0.6 is 12.6 Å². The Labute approximate surface area is 177 Å². The molecule has 0 heterocycles. The highest BCUT2D eigenvalue weighted by Gasteiger charge is 2.99. The molecule has 1 N–H and O–H groups in total. The monoisotopic (exact) mass is 398 g/mol. The first kappa shape index (κ1) is 19.3. The third-order valence-corrected chi connectivity index (χ3v) is 10.7. The van der Waals surface area contributed by atoms with Crippen LogP contribution in [0.4, 0.5) is 0 Å². The van der Waals surface area contributed by atoms with E-state index in [9.17, 15) is 5.11 Å². The maximum absolute atomic E-state index is 11.4. The molecule has 0 amide bonds. The molecule has 0 aromatic heterocycles. The van der Waals surface area contributed by atoms with Gasteiger partial charge < -0.3 is 5.11 Å². The minimum absolute atomic E-state index is 0.0881. The summed E-state index contributed by atoms with van der Waals surface area (Å²) in [5, 5.41) is 11.4. The Bertz CT molecular complexity index is 848. The number of rotatable bonds is 4. The van der Waals surface area contributed by atoms with Gasteiger partial charge in [-0.25, -0.2) is 0 Å². The molecular weight excluding hydrogens is 360 g/mol. The fourth-order valence-electron chi connectivity index (χ4n) is 9.39.